The molecule has 18 heavy (non-hydrogen) atoms. The number of ketones is 1. The van der Waals surface area contributed by atoms with E-state index in [9.17, 15) is 4.79 Å². The molecule has 0 radical (unpaired) electrons. The summed E-state index contributed by atoms with van der Waals surface area (Å²) in [7, 11) is 0. The van der Waals surface area contributed by atoms with E-state index in [1.165, 1.54) is 6.20 Å². The quantitative estimate of drug-likeness (QED) is 0.663. The molecule has 1 aliphatic carbocycles. The normalized spacial score (nSPS) is 14.7. The van der Waals surface area contributed by atoms with Gasteiger partial charge in [-0.15, -0.1) is 0 Å². The second-order valence-electron chi connectivity index (χ2n) is 4.73. The third kappa shape index (κ3) is 1.70. The molecule has 1 aromatic carbocycles. The standard InChI is InChI=1S/C14H14N2O2/c1-8-10(3-2-4-12(8)15)13(17)11-7-16-18-14(11)9-5-6-9/h2-4,7,9H,5-6,15H2,1H3. The topological polar surface area (TPSA) is 69.1 Å². The molecule has 3 rings (SSSR count). The summed E-state index contributed by atoms with van der Waals surface area (Å²) in [5, 5.41) is 3.75. The van der Waals surface area contributed by atoms with Gasteiger partial charge in [-0.1, -0.05) is 17.3 Å². The summed E-state index contributed by atoms with van der Waals surface area (Å²) in [6.45, 7) is 1.85. The average Bonchev–Trinajstić information content (AvgIpc) is 3.09. The zero-order valence-corrected chi connectivity index (χ0v) is 10.1. The second-order valence-corrected chi connectivity index (χ2v) is 4.73. The maximum Gasteiger partial charge on any atom is 0.198 e. The number of nitrogens with two attached hydrogens (primary N) is 1. The minimum absolute atomic E-state index is 0.0528. The van der Waals surface area contributed by atoms with E-state index in [-0.39, 0.29) is 5.78 Å². The SMILES string of the molecule is Cc1c(N)cccc1C(=O)c1cnoc1C1CC1. The summed E-state index contributed by atoms with van der Waals surface area (Å²) in [6, 6.07) is 5.37. The Bertz CT molecular complexity index is 612. The molecule has 4 nitrogen and oxygen atoms in total. The van der Waals surface area contributed by atoms with Crippen LogP contribution >= 0.6 is 0 Å². The zero-order chi connectivity index (χ0) is 12.7. The summed E-state index contributed by atoms with van der Waals surface area (Å²) in [6.07, 6.45) is 3.66. The molecule has 4 heteroatoms. The number of hydrogen-bond donors (Lipinski definition) is 1. The lowest BCUT2D eigenvalue weighted by atomic mass is 9.98. The highest BCUT2D eigenvalue weighted by atomic mass is 16.5. The molecule has 0 spiro atoms. The van der Waals surface area contributed by atoms with E-state index >= 15 is 0 Å². The highest BCUT2D eigenvalue weighted by molar-refractivity contribution is 6.11. The Morgan fingerprint density at radius 1 is 1.39 bits per heavy atom. The molecule has 0 bridgehead atoms. The number of nitrogen functional groups attached to an aromatic ring is 1. The molecule has 1 heterocycles. The Labute approximate surface area is 105 Å². The number of anilines is 1. The van der Waals surface area contributed by atoms with Crippen molar-refractivity contribution in [2.24, 2.45) is 0 Å². The molecule has 1 aromatic heterocycles. The predicted molar refractivity (Wildman–Crippen MR) is 67.5 cm³/mol. The number of carbonyl (C=O) groups is 1. The van der Waals surface area contributed by atoms with Gasteiger partial charge in [0.15, 0.2) is 11.5 Å². The van der Waals surface area contributed by atoms with Crippen molar-refractivity contribution in [3.05, 3.63) is 46.8 Å². The van der Waals surface area contributed by atoms with Crippen LogP contribution in [0.1, 0.15) is 46.0 Å². The van der Waals surface area contributed by atoms with Crippen molar-refractivity contribution >= 4 is 11.5 Å². The molecule has 1 saturated carbocycles. The van der Waals surface area contributed by atoms with Gasteiger partial charge in [-0.25, -0.2) is 0 Å². The molecule has 0 saturated heterocycles. The van der Waals surface area contributed by atoms with Gasteiger partial charge in [0, 0.05) is 17.2 Å². The van der Waals surface area contributed by atoms with Crippen LogP contribution in [0.15, 0.2) is 28.9 Å². The lowest BCUT2D eigenvalue weighted by Gasteiger charge is -2.06. The number of nitrogens with zero attached hydrogens (tertiary/aromatic N) is 1. The second kappa shape index (κ2) is 3.98. The highest BCUT2D eigenvalue weighted by Crippen LogP contribution is 2.42. The van der Waals surface area contributed by atoms with E-state index in [1.54, 1.807) is 18.2 Å². The monoisotopic (exact) mass is 242 g/mol. The number of carbonyl (C=O) groups excluding carboxylic acids is 1. The van der Waals surface area contributed by atoms with E-state index in [0.717, 1.165) is 24.2 Å². The largest absolute Gasteiger partial charge is 0.398 e. The van der Waals surface area contributed by atoms with Gasteiger partial charge in [-0.3, -0.25) is 4.79 Å². The first-order valence-electron chi connectivity index (χ1n) is 6.03. The van der Waals surface area contributed by atoms with E-state index < -0.39 is 0 Å². The van der Waals surface area contributed by atoms with Gasteiger partial charge in [-0.05, 0) is 31.4 Å². The zero-order valence-electron chi connectivity index (χ0n) is 10.1. The van der Waals surface area contributed by atoms with Crippen LogP contribution in [-0.2, 0) is 0 Å². The Morgan fingerprint density at radius 3 is 2.89 bits per heavy atom. The van der Waals surface area contributed by atoms with Gasteiger partial charge in [0.1, 0.15) is 0 Å². The summed E-state index contributed by atoms with van der Waals surface area (Å²) >= 11 is 0. The van der Waals surface area contributed by atoms with Crippen molar-refractivity contribution < 1.29 is 9.32 Å². The minimum Gasteiger partial charge on any atom is -0.398 e. The van der Waals surface area contributed by atoms with E-state index in [4.69, 9.17) is 10.3 Å². The van der Waals surface area contributed by atoms with Crippen LogP contribution in [0.25, 0.3) is 0 Å². The average molecular weight is 242 g/mol. The van der Waals surface area contributed by atoms with E-state index in [1.807, 2.05) is 6.92 Å². The molecule has 1 fully saturated rings. The van der Waals surface area contributed by atoms with Crippen molar-refractivity contribution in [2.45, 2.75) is 25.7 Å². The third-order valence-electron chi connectivity index (χ3n) is 3.41. The maximum atomic E-state index is 12.5. The molecular formula is C14H14N2O2. The van der Waals surface area contributed by atoms with Crippen LogP contribution in [0.3, 0.4) is 0 Å². The molecule has 0 atom stereocenters. The van der Waals surface area contributed by atoms with Crippen molar-refractivity contribution in [3.8, 4) is 0 Å². The van der Waals surface area contributed by atoms with E-state index in [0.29, 0.717) is 22.7 Å². The molecule has 0 amide bonds. The molecule has 0 unspecified atom stereocenters. The van der Waals surface area contributed by atoms with Gasteiger partial charge in [-0.2, -0.15) is 0 Å². The fraction of sp³-hybridized carbons (Fsp3) is 0.286. The predicted octanol–water partition coefficient (Wildman–Crippen LogP) is 2.67. The Balaban J connectivity index is 2.03. The number of aromatic nitrogens is 1. The molecule has 0 aliphatic heterocycles. The molecule has 2 N–H and O–H groups in total. The number of benzene rings is 1. The van der Waals surface area contributed by atoms with Gasteiger partial charge in [0.25, 0.3) is 0 Å². The van der Waals surface area contributed by atoms with Crippen LogP contribution in [0, 0.1) is 6.92 Å². The van der Waals surface area contributed by atoms with Crippen LogP contribution in [0.5, 0.6) is 0 Å². The fourth-order valence-corrected chi connectivity index (χ4v) is 2.10. The van der Waals surface area contributed by atoms with Crippen LogP contribution in [0.2, 0.25) is 0 Å². The van der Waals surface area contributed by atoms with Crippen molar-refractivity contribution in [1.82, 2.24) is 5.16 Å². The molecule has 92 valence electrons. The number of rotatable bonds is 3. The first-order chi connectivity index (χ1) is 8.68. The third-order valence-corrected chi connectivity index (χ3v) is 3.41. The number of hydrogen-bond acceptors (Lipinski definition) is 4. The van der Waals surface area contributed by atoms with Crippen molar-refractivity contribution in [2.75, 3.05) is 5.73 Å². The first kappa shape index (κ1) is 11.0. The summed E-state index contributed by atoms with van der Waals surface area (Å²) in [5.41, 5.74) is 8.47. The van der Waals surface area contributed by atoms with Crippen LogP contribution < -0.4 is 5.73 Å². The van der Waals surface area contributed by atoms with Gasteiger partial charge < -0.3 is 10.3 Å². The summed E-state index contributed by atoms with van der Waals surface area (Å²) in [4.78, 5) is 12.5. The van der Waals surface area contributed by atoms with Crippen molar-refractivity contribution in [3.63, 3.8) is 0 Å². The van der Waals surface area contributed by atoms with Crippen LogP contribution in [-0.4, -0.2) is 10.9 Å². The van der Waals surface area contributed by atoms with E-state index in [2.05, 4.69) is 5.16 Å². The molecular weight excluding hydrogens is 228 g/mol. The summed E-state index contributed by atoms with van der Waals surface area (Å²) in [5.74, 6) is 1.04. The fourth-order valence-electron chi connectivity index (χ4n) is 2.10. The smallest absolute Gasteiger partial charge is 0.198 e. The summed E-state index contributed by atoms with van der Waals surface area (Å²) < 4.78 is 5.20. The lowest BCUT2D eigenvalue weighted by Crippen LogP contribution is -2.06. The minimum atomic E-state index is -0.0528. The van der Waals surface area contributed by atoms with Gasteiger partial charge in [0.05, 0.1) is 11.8 Å². The highest BCUT2D eigenvalue weighted by Gasteiger charge is 2.32. The van der Waals surface area contributed by atoms with Crippen molar-refractivity contribution in [1.29, 1.82) is 0 Å². The van der Waals surface area contributed by atoms with Gasteiger partial charge in [0.2, 0.25) is 0 Å². The van der Waals surface area contributed by atoms with Gasteiger partial charge >= 0.3 is 0 Å². The molecule has 2 aromatic rings. The van der Waals surface area contributed by atoms with Crippen LogP contribution in [0.4, 0.5) is 5.69 Å². The maximum absolute atomic E-state index is 12.5. The Morgan fingerprint density at radius 2 is 2.17 bits per heavy atom. The molecule has 1 aliphatic rings. The Kier molecular flexibility index (Phi) is 2.44. The first-order valence-corrected chi connectivity index (χ1v) is 6.03. The lowest BCUT2D eigenvalue weighted by molar-refractivity contribution is 0.103. The Hall–Kier alpha value is -2.10.